The Labute approximate surface area is 192 Å². The van der Waals surface area contributed by atoms with Crippen LogP contribution in [0.2, 0.25) is 0 Å². The van der Waals surface area contributed by atoms with Crippen molar-refractivity contribution >= 4 is 17.5 Å². The van der Waals surface area contributed by atoms with Crippen LogP contribution >= 0.6 is 0 Å². The highest BCUT2D eigenvalue weighted by Gasteiger charge is 2.18. The van der Waals surface area contributed by atoms with Gasteiger partial charge in [0.1, 0.15) is 0 Å². The second-order valence-corrected chi connectivity index (χ2v) is 9.46. The van der Waals surface area contributed by atoms with Crippen LogP contribution in [0.5, 0.6) is 0 Å². The van der Waals surface area contributed by atoms with Crippen molar-refractivity contribution < 1.29 is 9.59 Å². The Kier molecular flexibility index (Phi) is 8.28. The van der Waals surface area contributed by atoms with Gasteiger partial charge in [-0.05, 0) is 35.1 Å². The van der Waals surface area contributed by atoms with E-state index in [2.05, 4.69) is 90.0 Å². The van der Waals surface area contributed by atoms with Gasteiger partial charge in [-0.3, -0.25) is 25.3 Å². The third-order valence-corrected chi connectivity index (χ3v) is 5.95. The fourth-order valence-electron chi connectivity index (χ4n) is 3.82. The van der Waals surface area contributed by atoms with Crippen molar-refractivity contribution in [3.05, 3.63) is 65.7 Å². The molecule has 172 valence electrons. The van der Waals surface area contributed by atoms with Crippen LogP contribution in [0.3, 0.4) is 0 Å². The Hall–Kier alpha value is -2.86. The molecule has 0 aliphatic carbocycles. The molecular formula is C26H36N4O2. The minimum Gasteiger partial charge on any atom is -0.369 e. The average Bonchev–Trinajstić information content (AvgIpc) is 2.80. The van der Waals surface area contributed by atoms with Gasteiger partial charge in [0, 0.05) is 51.3 Å². The summed E-state index contributed by atoms with van der Waals surface area (Å²) < 4.78 is 0. The van der Waals surface area contributed by atoms with Gasteiger partial charge in [0.2, 0.25) is 11.8 Å². The van der Waals surface area contributed by atoms with Gasteiger partial charge in [0.05, 0.1) is 0 Å². The van der Waals surface area contributed by atoms with Crippen LogP contribution in [0.25, 0.3) is 0 Å². The first-order valence-electron chi connectivity index (χ1n) is 11.5. The number of hydrogen-bond acceptors (Lipinski definition) is 4. The summed E-state index contributed by atoms with van der Waals surface area (Å²) in [5.74, 6) is -0.326. The highest BCUT2D eigenvalue weighted by molar-refractivity contribution is 5.82. The molecule has 1 saturated heterocycles. The van der Waals surface area contributed by atoms with Crippen LogP contribution in [0.4, 0.5) is 5.69 Å². The fraction of sp³-hybridized carbons (Fsp3) is 0.462. The van der Waals surface area contributed by atoms with Crippen LogP contribution in [0, 0.1) is 0 Å². The molecule has 1 fully saturated rings. The van der Waals surface area contributed by atoms with Gasteiger partial charge in [-0.1, -0.05) is 63.2 Å². The predicted molar refractivity (Wildman–Crippen MR) is 129 cm³/mol. The van der Waals surface area contributed by atoms with E-state index in [0.29, 0.717) is 25.8 Å². The summed E-state index contributed by atoms with van der Waals surface area (Å²) >= 11 is 0. The largest absolute Gasteiger partial charge is 0.369 e. The summed E-state index contributed by atoms with van der Waals surface area (Å²) in [4.78, 5) is 28.9. The molecule has 1 aliphatic rings. The number of nitrogens with zero attached hydrogens (tertiary/aromatic N) is 2. The first-order chi connectivity index (χ1) is 15.3. The lowest BCUT2D eigenvalue weighted by Crippen LogP contribution is -2.48. The van der Waals surface area contributed by atoms with E-state index in [1.165, 1.54) is 11.3 Å². The summed E-state index contributed by atoms with van der Waals surface area (Å²) in [7, 11) is 0. The van der Waals surface area contributed by atoms with Crippen LogP contribution in [-0.2, 0) is 21.4 Å². The second kappa shape index (κ2) is 11.1. The molecular weight excluding hydrogens is 400 g/mol. The number of nitrogens with one attached hydrogen (secondary N) is 2. The average molecular weight is 437 g/mol. The van der Waals surface area contributed by atoms with Crippen molar-refractivity contribution in [1.29, 1.82) is 0 Å². The van der Waals surface area contributed by atoms with Gasteiger partial charge < -0.3 is 4.90 Å². The quantitative estimate of drug-likeness (QED) is 0.654. The molecule has 6 heteroatoms. The van der Waals surface area contributed by atoms with Crippen molar-refractivity contribution in [2.75, 3.05) is 37.6 Å². The van der Waals surface area contributed by atoms with Crippen molar-refractivity contribution in [3.8, 4) is 0 Å². The van der Waals surface area contributed by atoms with Gasteiger partial charge in [0.15, 0.2) is 0 Å². The third kappa shape index (κ3) is 7.38. The Morgan fingerprint density at radius 3 is 2.00 bits per heavy atom. The zero-order chi connectivity index (χ0) is 23.0. The van der Waals surface area contributed by atoms with Crippen molar-refractivity contribution in [1.82, 2.24) is 15.8 Å². The van der Waals surface area contributed by atoms with Crippen LogP contribution in [-0.4, -0.2) is 49.4 Å². The lowest BCUT2D eigenvalue weighted by molar-refractivity contribution is -0.129. The minimum atomic E-state index is -0.172. The Balaban J connectivity index is 1.29. The molecule has 0 aromatic heterocycles. The molecule has 0 radical (unpaired) electrons. The highest BCUT2D eigenvalue weighted by atomic mass is 16.2. The molecule has 3 rings (SSSR count). The Morgan fingerprint density at radius 2 is 1.41 bits per heavy atom. The fourth-order valence-corrected chi connectivity index (χ4v) is 3.82. The number of anilines is 1. The van der Waals surface area contributed by atoms with Crippen molar-refractivity contribution in [3.63, 3.8) is 0 Å². The SMILES string of the molecule is CC(C)(C)c1ccc(CCC(=O)NNC(=O)CCN2CCN(c3ccccc3)CC2)cc1. The van der Waals surface area contributed by atoms with Gasteiger partial charge in [-0.15, -0.1) is 0 Å². The highest BCUT2D eigenvalue weighted by Crippen LogP contribution is 2.22. The monoisotopic (exact) mass is 436 g/mol. The molecule has 2 aromatic carbocycles. The lowest BCUT2D eigenvalue weighted by Gasteiger charge is -2.36. The molecule has 1 heterocycles. The van der Waals surface area contributed by atoms with Gasteiger partial charge >= 0.3 is 0 Å². The standard InChI is InChI=1S/C26H36N4O2/c1-26(2,3)22-12-9-21(10-13-22)11-14-24(31)27-28-25(32)15-16-29-17-19-30(20-18-29)23-7-5-4-6-8-23/h4-10,12-13H,11,14-20H2,1-3H3,(H,27,31)(H,28,32). The van der Waals surface area contributed by atoms with E-state index >= 15 is 0 Å². The normalized spacial score (nSPS) is 14.8. The van der Waals surface area contributed by atoms with Gasteiger partial charge in [-0.25, -0.2) is 0 Å². The molecule has 2 N–H and O–H groups in total. The van der Waals surface area contributed by atoms with Gasteiger partial charge in [-0.2, -0.15) is 0 Å². The molecule has 32 heavy (non-hydrogen) atoms. The van der Waals surface area contributed by atoms with E-state index in [-0.39, 0.29) is 17.2 Å². The molecule has 0 saturated carbocycles. The topological polar surface area (TPSA) is 64.7 Å². The summed E-state index contributed by atoms with van der Waals surface area (Å²) in [6, 6.07) is 18.8. The first-order valence-corrected chi connectivity index (χ1v) is 11.5. The molecule has 6 nitrogen and oxygen atoms in total. The van der Waals surface area contributed by atoms with E-state index in [1.807, 2.05) is 6.07 Å². The number of piperazine rings is 1. The predicted octanol–water partition coefficient (Wildman–Crippen LogP) is 3.28. The van der Waals surface area contributed by atoms with Crippen LogP contribution < -0.4 is 15.8 Å². The van der Waals surface area contributed by atoms with E-state index in [1.54, 1.807) is 0 Å². The van der Waals surface area contributed by atoms with E-state index < -0.39 is 0 Å². The number of para-hydroxylation sites is 1. The molecule has 2 aromatic rings. The van der Waals surface area contributed by atoms with E-state index in [4.69, 9.17) is 0 Å². The number of hydrogen-bond donors (Lipinski definition) is 2. The number of carbonyl (C=O) groups is 2. The van der Waals surface area contributed by atoms with Crippen molar-refractivity contribution in [2.45, 2.75) is 45.4 Å². The summed E-state index contributed by atoms with van der Waals surface area (Å²) in [6.45, 7) is 11.0. The molecule has 2 amide bonds. The zero-order valence-corrected chi connectivity index (χ0v) is 19.6. The number of amides is 2. The Morgan fingerprint density at radius 1 is 0.812 bits per heavy atom. The van der Waals surface area contributed by atoms with E-state index in [0.717, 1.165) is 31.7 Å². The maximum Gasteiger partial charge on any atom is 0.239 e. The molecule has 0 spiro atoms. The third-order valence-electron chi connectivity index (χ3n) is 5.95. The molecule has 0 atom stereocenters. The molecule has 0 bridgehead atoms. The summed E-state index contributed by atoms with van der Waals surface area (Å²) in [5, 5.41) is 0. The van der Waals surface area contributed by atoms with Crippen LogP contribution in [0.15, 0.2) is 54.6 Å². The zero-order valence-electron chi connectivity index (χ0n) is 19.6. The molecule has 1 aliphatic heterocycles. The molecule has 0 unspecified atom stereocenters. The number of carbonyl (C=O) groups excluding carboxylic acids is 2. The smallest absolute Gasteiger partial charge is 0.239 e. The second-order valence-electron chi connectivity index (χ2n) is 9.46. The van der Waals surface area contributed by atoms with Gasteiger partial charge in [0.25, 0.3) is 0 Å². The lowest BCUT2D eigenvalue weighted by atomic mass is 9.86. The Bertz CT molecular complexity index is 867. The minimum absolute atomic E-state index is 0.121. The maximum absolute atomic E-state index is 12.1. The summed E-state index contributed by atoms with van der Waals surface area (Å²) in [5.41, 5.74) is 8.85. The van der Waals surface area contributed by atoms with Crippen LogP contribution in [0.1, 0.15) is 44.7 Å². The van der Waals surface area contributed by atoms with Crippen molar-refractivity contribution in [2.24, 2.45) is 0 Å². The number of rotatable bonds is 7. The number of hydrazine groups is 1. The first kappa shape index (κ1) is 23.8. The number of benzene rings is 2. The number of aryl methyl sites for hydroxylation is 1. The maximum atomic E-state index is 12.1. The van der Waals surface area contributed by atoms with E-state index in [9.17, 15) is 9.59 Å². The summed E-state index contributed by atoms with van der Waals surface area (Å²) in [6.07, 6.45) is 1.37.